The van der Waals surface area contributed by atoms with Crippen molar-refractivity contribution in [2.45, 2.75) is 31.7 Å². The van der Waals surface area contributed by atoms with Gasteiger partial charge < -0.3 is 10.6 Å². The second kappa shape index (κ2) is 6.20. The Kier molecular flexibility index (Phi) is 4.57. The fraction of sp³-hybridized carbons (Fsp3) is 0.727. The van der Waals surface area contributed by atoms with E-state index in [1.807, 2.05) is 11.6 Å². The van der Waals surface area contributed by atoms with Gasteiger partial charge in [-0.25, -0.2) is 4.98 Å². The van der Waals surface area contributed by atoms with Crippen molar-refractivity contribution in [3.05, 3.63) is 16.6 Å². The summed E-state index contributed by atoms with van der Waals surface area (Å²) in [6.45, 7) is 3.34. The van der Waals surface area contributed by atoms with E-state index in [1.54, 1.807) is 11.3 Å². The van der Waals surface area contributed by atoms with Crippen molar-refractivity contribution in [3.8, 4) is 0 Å². The predicted octanol–water partition coefficient (Wildman–Crippen LogP) is 1.42. The summed E-state index contributed by atoms with van der Waals surface area (Å²) in [6, 6.07) is 0.690. The summed E-state index contributed by atoms with van der Waals surface area (Å²) >= 11 is 1.74. The minimum atomic E-state index is 0.690. The number of hydrogen-bond donors (Lipinski definition) is 2. The normalized spacial score (nSPS) is 21.7. The standard InChI is InChI=1S/C11H19N3S/c1-2-5-13-10(3-1)9-12-6-4-11-14-7-8-15-11/h7-8,10,12-13H,1-6,9H2. The third kappa shape index (κ3) is 3.89. The second-order valence-corrected chi connectivity index (χ2v) is 5.01. The van der Waals surface area contributed by atoms with Gasteiger partial charge >= 0.3 is 0 Å². The molecule has 15 heavy (non-hydrogen) atoms. The van der Waals surface area contributed by atoms with Crippen molar-refractivity contribution in [1.29, 1.82) is 0 Å². The zero-order valence-electron chi connectivity index (χ0n) is 9.04. The molecular weight excluding hydrogens is 206 g/mol. The molecule has 1 aliphatic rings. The minimum Gasteiger partial charge on any atom is -0.315 e. The SMILES string of the molecule is c1csc(CCNCC2CCCCN2)n1. The zero-order valence-corrected chi connectivity index (χ0v) is 9.85. The van der Waals surface area contributed by atoms with Crippen molar-refractivity contribution in [1.82, 2.24) is 15.6 Å². The Bertz CT molecular complexity index is 255. The molecular formula is C11H19N3S. The van der Waals surface area contributed by atoms with E-state index in [0.29, 0.717) is 6.04 Å². The summed E-state index contributed by atoms with van der Waals surface area (Å²) in [5.74, 6) is 0. The second-order valence-electron chi connectivity index (χ2n) is 4.03. The first-order valence-electron chi connectivity index (χ1n) is 5.77. The smallest absolute Gasteiger partial charge is 0.0937 e. The Balaban J connectivity index is 1.54. The van der Waals surface area contributed by atoms with Crippen LogP contribution < -0.4 is 10.6 Å². The number of piperidine rings is 1. The molecule has 84 valence electrons. The highest BCUT2D eigenvalue weighted by molar-refractivity contribution is 7.09. The number of nitrogens with one attached hydrogen (secondary N) is 2. The van der Waals surface area contributed by atoms with Crippen LogP contribution in [0.5, 0.6) is 0 Å². The maximum absolute atomic E-state index is 4.26. The molecule has 1 fully saturated rings. The van der Waals surface area contributed by atoms with Crippen molar-refractivity contribution in [2.24, 2.45) is 0 Å². The molecule has 1 unspecified atom stereocenters. The molecule has 0 bridgehead atoms. The highest BCUT2D eigenvalue weighted by Crippen LogP contribution is 2.06. The molecule has 0 spiro atoms. The Morgan fingerprint density at radius 2 is 2.53 bits per heavy atom. The Hall–Kier alpha value is -0.450. The maximum atomic E-state index is 4.26. The van der Waals surface area contributed by atoms with Crippen LogP contribution in [0.25, 0.3) is 0 Å². The Morgan fingerprint density at radius 1 is 1.53 bits per heavy atom. The fourth-order valence-corrected chi connectivity index (χ4v) is 2.57. The van der Waals surface area contributed by atoms with Crippen LogP contribution in [0, 0.1) is 0 Å². The molecule has 1 aliphatic heterocycles. The predicted molar refractivity (Wildman–Crippen MR) is 64.3 cm³/mol. The first-order valence-corrected chi connectivity index (χ1v) is 6.65. The lowest BCUT2D eigenvalue weighted by Crippen LogP contribution is -2.42. The van der Waals surface area contributed by atoms with E-state index in [4.69, 9.17) is 0 Å². The molecule has 3 nitrogen and oxygen atoms in total. The van der Waals surface area contributed by atoms with Crippen LogP contribution in [0.15, 0.2) is 11.6 Å². The van der Waals surface area contributed by atoms with Crippen LogP contribution in [-0.2, 0) is 6.42 Å². The van der Waals surface area contributed by atoms with Gasteiger partial charge in [-0.3, -0.25) is 0 Å². The van der Waals surface area contributed by atoms with Gasteiger partial charge in [0.05, 0.1) is 5.01 Å². The van der Waals surface area contributed by atoms with Crippen LogP contribution in [0.2, 0.25) is 0 Å². The molecule has 2 rings (SSSR count). The van der Waals surface area contributed by atoms with Crippen LogP contribution >= 0.6 is 11.3 Å². The molecule has 4 heteroatoms. The van der Waals surface area contributed by atoms with Gasteiger partial charge in [0.2, 0.25) is 0 Å². The largest absolute Gasteiger partial charge is 0.315 e. The highest BCUT2D eigenvalue weighted by Gasteiger charge is 2.11. The maximum Gasteiger partial charge on any atom is 0.0937 e. The van der Waals surface area contributed by atoms with E-state index >= 15 is 0 Å². The van der Waals surface area contributed by atoms with Gasteiger partial charge in [0.15, 0.2) is 0 Å². The van der Waals surface area contributed by atoms with Gasteiger partial charge in [-0.05, 0) is 19.4 Å². The summed E-state index contributed by atoms with van der Waals surface area (Å²) in [4.78, 5) is 4.26. The van der Waals surface area contributed by atoms with Gasteiger partial charge in [0.25, 0.3) is 0 Å². The van der Waals surface area contributed by atoms with Crippen molar-refractivity contribution >= 4 is 11.3 Å². The van der Waals surface area contributed by atoms with Crippen LogP contribution in [0.3, 0.4) is 0 Å². The van der Waals surface area contributed by atoms with Gasteiger partial charge in [-0.1, -0.05) is 6.42 Å². The summed E-state index contributed by atoms with van der Waals surface area (Å²) in [6.07, 6.45) is 6.98. The van der Waals surface area contributed by atoms with Gasteiger partial charge in [0.1, 0.15) is 0 Å². The number of rotatable bonds is 5. The molecule has 0 saturated carbocycles. The molecule has 0 aliphatic carbocycles. The first kappa shape index (κ1) is 11.0. The van der Waals surface area contributed by atoms with E-state index in [0.717, 1.165) is 19.5 Å². The minimum absolute atomic E-state index is 0.690. The fourth-order valence-electron chi connectivity index (χ4n) is 1.95. The quantitative estimate of drug-likeness (QED) is 0.744. The topological polar surface area (TPSA) is 37.0 Å². The number of nitrogens with zero attached hydrogens (tertiary/aromatic N) is 1. The highest BCUT2D eigenvalue weighted by atomic mass is 32.1. The van der Waals surface area contributed by atoms with E-state index in [1.165, 1.54) is 30.8 Å². The average molecular weight is 225 g/mol. The van der Waals surface area contributed by atoms with Crippen molar-refractivity contribution < 1.29 is 0 Å². The molecule has 1 atom stereocenters. The lowest BCUT2D eigenvalue weighted by atomic mass is 10.1. The Morgan fingerprint density at radius 3 is 3.27 bits per heavy atom. The van der Waals surface area contributed by atoms with E-state index in [9.17, 15) is 0 Å². The lowest BCUT2D eigenvalue weighted by molar-refractivity contribution is 0.384. The first-order chi connectivity index (χ1) is 7.45. The Labute approximate surface area is 95.3 Å². The summed E-state index contributed by atoms with van der Waals surface area (Å²) in [7, 11) is 0. The van der Waals surface area contributed by atoms with Crippen molar-refractivity contribution in [2.75, 3.05) is 19.6 Å². The lowest BCUT2D eigenvalue weighted by Gasteiger charge is -2.23. The molecule has 0 amide bonds. The molecule has 1 aromatic heterocycles. The summed E-state index contributed by atoms with van der Waals surface area (Å²) in [5.41, 5.74) is 0. The van der Waals surface area contributed by atoms with Crippen molar-refractivity contribution in [3.63, 3.8) is 0 Å². The number of aromatic nitrogens is 1. The van der Waals surface area contributed by atoms with Crippen LogP contribution in [0.4, 0.5) is 0 Å². The number of hydrogen-bond acceptors (Lipinski definition) is 4. The molecule has 1 aromatic rings. The van der Waals surface area contributed by atoms with Crippen LogP contribution in [0.1, 0.15) is 24.3 Å². The summed E-state index contributed by atoms with van der Waals surface area (Å²) < 4.78 is 0. The molecule has 0 aromatic carbocycles. The average Bonchev–Trinajstić information content (AvgIpc) is 2.79. The van der Waals surface area contributed by atoms with Crippen LogP contribution in [-0.4, -0.2) is 30.7 Å². The zero-order chi connectivity index (χ0) is 10.3. The molecule has 2 N–H and O–H groups in total. The van der Waals surface area contributed by atoms with Gasteiger partial charge in [-0.2, -0.15) is 0 Å². The third-order valence-corrected chi connectivity index (χ3v) is 3.64. The van der Waals surface area contributed by atoms with E-state index in [-0.39, 0.29) is 0 Å². The van der Waals surface area contributed by atoms with E-state index in [2.05, 4.69) is 15.6 Å². The van der Waals surface area contributed by atoms with E-state index < -0.39 is 0 Å². The summed E-state index contributed by atoms with van der Waals surface area (Å²) in [5, 5.41) is 10.3. The van der Waals surface area contributed by atoms with Gasteiger partial charge in [0, 0.05) is 37.1 Å². The molecule has 0 radical (unpaired) electrons. The third-order valence-electron chi connectivity index (χ3n) is 2.80. The van der Waals surface area contributed by atoms with Gasteiger partial charge in [-0.15, -0.1) is 11.3 Å². The number of thiazole rings is 1. The molecule has 2 heterocycles. The monoisotopic (exact) mass is 225 g/mol. The molecule has 1 saturated heterocycles.